The van der Waals surface area contributed by atoms with Gasteiger partial charge in [-0.05, 0) is 32.9 Å². The fourth-order valence-electron chi connectivity index (χ4n) is 3.59. The molecule has 0 radical (unpaired) electrons. The van der Waals surface area contributed by atoms with Crippen LogP contribution in [-0.2, 0) is 9.47 Å². The van der Waals surface area contributed by atoms with Crippen molar-refractivity contribution in [2.75, 3.05) is 46.2 Å². The van der Waals surface area contributed by atoms with Gasteiger partial charge in [-0.2, -0.15) is 9.78 Å². The number of ether oxygens (including phenoxy) is 4. The van der Waals surface area contributed by atoms with Gasteiger partial charge in [0.05, 0.1) is 25.4 Å². The molecule has 2 aliphatic rings. The highest BCUT2D eigenvalue weighted by Crippen LogP contribution is 2.37. The van der Waals surface area contributed by atoms with Crippen LogP contribution in [0.5, 0.6) is 11.5 Å². The van der Waals surface area contributed by atoms with Crippen LogP contribution >= 0.6 is 0 Å². The molecule has 0 bridgehead atoms. The van der Waals surface area contributed by atoms with E-state index in [2.05, 4.69) is 21.6 Å². The molecule has 1 aromatic heterocycles. The predicted molar refractivity (Wildman–Crippen MR) is 126 cm³/mol. The molecule has 0 spiro atoms. The zero-order chi connectivity index (χ0) is 23.4. The van der Waals surface area contributed by atoms with Crippen LogP contribution in [0.25, 0.3) is 16.5 Å². The molecular weight excluding hydrogens is 424 g/mol. The van der Waals surface area contributed by atoms with Crippen molar-refractivity contribution in [3.8, 4) is 11.5 Å². The van der Waals surface area contributed by atoms with E-state index in [4.69, 9.17) is 18.9 Å². The molecule has 0 N–H and O–H groups in total. The van der Waals surface area contributed by atoms with Crippen LogP contribution in [0.1, 0.15) is 26.5 Å². The highest BCUT2D eigenvalue weighted by atomic mass is 16.6. The summed E-state index contributed by atoms with van der Waals surface area (Å²) in [6.07, 6.45) is 4.70. The number of carbonyl (C=O) groups is 1. The number of rotatable bonds is 5. The number of aliphatic imine (C=N–C) groups is 1. The molecular formula is C24H30N4O5. The summed E-state index contributed by atoms with van der Waals surface area (Å²) in [6.45, 7) is 14.1. The molecule has 2 aliphatic heterocycles. The Morgan fingerprint density at radius 3 is 2.55 bits per heavy atom. The highest BCUT2D eigenvalue weighted by Gasteiger charge is 2.25. The lowest BCUT2D eigenvalue weighted by molar-refractivity contribution is 0.0395. The smallest absolute Gasteiger partial charge is 0.435 e. The van der Waals surface area contributed by atoms with E-state index >= 15 is 0 Å². The van der Waals surface area contributed by atoms with Gasteiger partial charge < -0.3 is 18.9 Å². The minimum Gasteiger partial charge on any atom is -0.486 e. The molecule has 0 amide bonds. The van der Waals surface area contributed by atoms with Crippen LogP contribution < -0.4 is 9.47 Å². The molecule has 1 saturated heterocycles. The van der Waals surface area contributed by atoms with Crippen LogP contribution in [0, 0.1) is 0 Å². The van der Waals surface area contributed by atoms with E-state index in [9.17, 15) is 4.79 Å². The number of carbonyl (C=O) groups excluding carboxylic acids is 1. The van der Waals surface area contributed by atoms with Gasteiger partial charge in [0.15, 0.2) is 11.5 Å². The number of morpholine rings is 1. The fraction of sp³-hybridized carbons (Fsp3) is 0.458. The summed E-state index contributed by atoms with van der Waals surface area (Å²) < 4.78 is 23.7. The average molecular weight is 455 g/mol. The molecule has 33 heavy (non-hydrogen) atoms. The maximum Gasteiger partial charge on any atom is 0.435 e. The molecule has 1 aromatic carbocycles. The van der Waals surface area contributed by atoms with E-state index < -0.39 is 11.7 Å². The van der Waals surface area contributed by atoms with Crippen molar-refractivity contribution in [3.05, 3.63) is 36.6 Å². The third kappa shape index (κ3) is 5.43. The van der Waals surface area contributed by atoms with E-state index in [0.717, 1.165) is 37.3 Å². The number of nitrogens with zero attached hydrogens (tertiary/aromatic N) is 4. The number of hydrogen-bond donors (Lipinski definition) is 0. The van der Waals surface area contributed by atoms with E-state index in [0.29, 0.717) is 42.6 Å². The Hall–Kier alpha value is -3.17. The maximum absolute atomic E-state index is 12.9. The molecule has 0 aliphatic carbocycles. The second-order valence-corrected chi connectivity index (χ2v) is 8.78. The molecule has 0 unspecified atom stereocenters. The summed E-state index contributed by atoms with van der Waals surface area (Å²) in [5, 5.41) is 5.32. The van der Waals surface area contributed by atoms with Crippen molar-refractivity contribution in [1.82, 2.24) is 14.7 Å². The van der Waals surface area contributed by atoms with Crippen LogP contribution in [-0.4, -0.2) is 78.8 Å². The van der Waals surface area contributed by atoms with E-state index in [1.807, 2.05) is 32.9 Å². The van der Waals surface area contributed by atoms with Gasteiger partial charge in [-0.1, -0.05) is 12.7 Å². The van der Waals surface area contributed by atoms with Crippen molar-refractivity contribution in [1.29, 1.82) is 0 Å². The Morgan fingerprint density at radius 2 is 1.88 bits per heavy atom. The second kappa shape index (κ2) is 9.76. The van der Waals surface area contributed by atoms with Crippen molar-refractivity contribution in [2.45, 2.75) is 26.4 Å². The van der Waals surface area contributed by atoms with E-state index in [1.165, 1.54) is 4.68 Å². The van der Waals surface area contributed by atoms with Gasteiger partial charge in [-0.15, -0.1) is 0 Å². The Balaban J connectivity index is 1.70. The Labute approximate surface area is 193 Å². The fourth-order valence-corrected chi connectivity index (χ4v) is 3.59. The Kier molecular flexibility index (Phi) is 6.80. The molecule has 9 heteroatoms. The molecule has 1 fully saturated rings. The van der Waals surface area contributed by atoms with Gasteiger partial charge >= 0.3 is 6.09 Å². The standard InChI is InChI=1S/C24H30N4O5/c1-5-17(6-7-25-16-27-8-10-30-11-9-27)22-18-14-20-21(32-13-12-31-20)15-19(18)28(26-22)23(29)33-24(2,3)4/h5-7,14-15H,1,8-13,16H2,2-4H3/b17-6+,25-7-. The van der Waals surface area contributed by atoms with E-state index in [1.54, 1.807) is 18.4 Å². The normalized spacial score (nSPS) is 17.5. The van der Waals surface area contributed by atoms with Crippen LogP contribution in [0.3, 0.4) is 0 Å². The van der Waals surface area contributed by atoms with Crippen molar-refractivity contribution in [3.63, 3.8) is 0 Å². The van der Waals surface area contributed by atoms with Crippen molar-refractivity contribution in [2.24, 2.45) is 4.99 Å². The van der Waals surface area contributed by atoms with Gasteiger partial charge in [0, 0.05) is 36.3 Å². The summed E-state index contributed by atoms with van der Waals surface area (Å²) in [6, 6.07) is 3.60. The molecule has 3 heterocycles. The third-order valence-corrected chi connectivity index (χ3v) is 5.15. The first-order valence-corrected chi connectivity index (χ1v) is 11.0. The van der Waals surface area contributed by atoms with E-state index in [-0.39, 0.29) is 0 Å². The van der Waals surface area contributed by atoms with Gasteiger partial charge in [0.1, 0.15) is 24.5 Å². The number of benzene rings is 1. The maximum atomic E-state index is 12.9. The third-order valence-electron chi connectivity index (χ3n) is 5.15. The Bertz CT molecular complexity index is 1090. The lowest BCUT2D eigenvalue weighted by atomic mass is 10.1. The number of hydrogen-bond acceptors (Lipinski definition) is 8. The Morgan fingerprint density at radius 1 is 1.18 bits per heavy atom. The quantitative estimate of drug-likeness (QED) is 0.505. The summed E-state index contributed by atoms with van der Waals surface area (Å²) in [5.41, 5.74) is 1.22. The van der Waals surface area contributed by atoms with Gasteiger partial charge in [0.25, 0.3) is 0 Å². The molecule has 9 nitrogen and oxygen atoms in total. The monoisotopic (exact) mass is 454 g/mol. The van der Waals surface area contributed by atoms with Crippen LogP contribution in [0.15, 0.2) is 35.9 Å². The van der Waals surface area contributed by atoms with Gasteiger partial charge in [-0.25, -0.2) is 4.79 Å². The topological polar surface area (TPSA) is 87.4 Å². The van der Waals surface area contributed by atoms with Crippen molar-refractivity contribution >= 4 is 28.8 Å². The minimum absolute atomic E-state index is 0.448. The molecule has 2 aromatic rings. The lowest BCUT2D eigenvalue weighted by Gasteiger charge is -2.24. The first-order chi connectivity index (χ1) is 15.9. The first-order valence-electron chi connectivity index (χ1n) is 11.0. The number of aromatic nitrogens is 2. The van der Waals surface area contributed by atoms with Crippen molar-refractivity contribution < 1.29 is 23.7 Å². The van der Waals surface area contributed by atoms with Crippen LogP contribution in [0.2, 0.25) is 0 Å². The van der Waals surface area contributed by atoms with Gasteiger partial charge in [-0.3, -0.25) is 9.89 Å². The van der Waals surface area contributed by atoms with Crippen LogP contribution in [0.4, 0.5) is 4.79 Å². The largest absolute Gasteiger partial charge is 0.486 e. The molecule has 4 rings (SSSR count). The summed E-state index contributed by atoms with van der Waals surface area (Å²) in [7, 11) is 0. The number of allylic oxidation sites excluding steroid dienone is 3. The zero-order valence-corrected chi connectivity index (χ0v) is 19.4. The average Bonchev–Trinajstić information content (AvgIpc) is 3.15. The summed E-state index contributed by atoms with van der Waals surface area (Å²) >= 11 is 0. The minimum atomic E-state index is -0.660. The number of fused-ring (bicyclic) bond motifs is 2. The summed E-state index contributed by atoms with van der Waals surface area (Å²) in [4.78, 5) is 19.6. The lowest BCUT2D eigenvalue weighted by Crippen LogP contribution is -2.36. The second-order valence-electron chi connectivity index (χ2n) is 8.78. The first kappa shape index (κ1) is 23.0. The summed E-state index contributed by atoms with van der Waals surface area (Å²) in [5.74, 6) is 1.18. The molecule has 0 atom stereocenters. The molecule has 0 saturated carbocycles. The SMILES string of the molecule is C=C/C(=C\C=N/CN1CCOCC1)c1nn(C(=O)OC(C)(C)C)c2cc3c(cc12)OCCO3. The van der Waals surface area contributed by atoms with Gasteiger partial charge in [0.2, 0.25) is 0 Å². The zero-order valence-electron chi connectivity index (χ0n) is 19.4. The highest BCUT2D eigenvalue weighted by molar-refractivity contribution is 6.01. The molecule has 176 valence electrons. The predicted octanol–water partition coefficient (Wildman–Crippen LogP) is 3.52.